The van der Waals surface area contributed by atoms with Crippen LogP contribution in [0.5, 0.6) is 0 Å². The van der Waals surface area contributed by atoms with Crippen LogP contribution in [-0.2, 0) is 4.74 Å². The van der Waals surface area contributed by atoms with E-state index in [9.17, 15) is 14.4 Å². The lowest BCUT2D eigenvalue weighted by atomic mass is 10.1. The predicted molar refractivity (Wildman–Crippen MR) is 137 cm³/mol. The molecule has 1 N–H and O–H groups in total. The van der Waals surface area contributed by atoms with E-state index in [1.165, 1.54) is 7.11 Å². The van der Waals surface area contributed by atoms with Gasteiger partial charge in [0, 0.05) is 37.1 Å². The summed E-state index contributed by atoms with van der Waals surface area (Å²) in [6.45, 7) is 2.21. The highest BCUT2D eigenvalue weighted by Gasteiger charge is 2.25. The van der Waals surface area contributed by atoms with Crippen LogP contribution in [0.1, 0.15) is 31.3 Å². The Labute approximate surface area is 208 Å². The van der Waals surface area contributed by atoms with Crippen molar-refractivity contribution in [3.05, 3.63) is 95.7 Å². The van der Waals surface area contributed by atoms with Crippen molar-refractivity contribution in [2.45, 2.75) is 0 Å². The Morgan fingerprint density at radius 2 is 1.56 bits per heavy atom. The minimum atomic E-state index is -0.501. The molecule has 2 amide bonds. The fourth-order valence-electron chi connectivity index (χ4n) is 4.35. The van der Waals surface area contributed by atoms with Gasteiger partial charge < -0.3 is 24.3 Å². The van der Waals surface area contributed by atoms with Gasteiger partial charge in [-0.1, -0.05) is 36.4 Å². The molecule has 182 valence electrons. The molecule has 5 rings (SSSR count). The van der Waals surface area contributed by atoms with Gasteiger partial charge in [0.2, 0.25) is 0 Å². The number of nitrogens with one attached hydrogen (secondary N) is 1. The van der Waals surface area contributed by atoms with E-state index >= 15 is 0 Å². The van der Waals surface area contributed by atoms with E-state index in [2.05, 4.69) is 10.2 Å². The molecule has 3 aromatic carbocycles. The van der Waals surface area contributed by atoms with Gasteiger partial charge in [-0.2, -0.15) is 0 Å². The lowest BCUT2D eigenvalue weighted by molar-refractivity contribution is 0.0600. The van der Waals surface area contributed by atoms with E-state index in [-0.39, 0.29) is 11.7 Å². The SMILES string of the molecule is COC(=O)c1ccc(N2CCN(C(=O)c3ccccc3)CC2)c(NC(=O)c2cc3ccccc3o2)c1. The Morgan fingerprint density at radius 1 is 0.833 bits per heavy atom. The lowest BCUT2D eigenvalue weighted by Crippen LogP contribution is -2.49. The molecule has 1 aliphatic heterocycles. The first-order chi connectivity index (χ1) is 17.5. The largest absolute Gasteiger partial charge is 0.465 e. The maximum atomic E-state index is 13.1. The third-order valence-corrected chi connectivity index (χ3v) is 6.24. The maximum Gasteiger partial charge on any atom is 0.337 e. The van der Waals surface area contributed by atoms with E-state index in [1.807, 2.05) is 53.4 Å². The van der Waals surface area contributed by atoms with Crippen molar-refractivity contribution < 1.29 is 23.5 Å². The van der Waals surface area contributed by atoms with Crippen molar-refractivity contribution in [2.75, 3.05) is 43.5 Å². The maximum absolute atomic E-state index is 13.1. The zero-order chi connectivity index (χ0) is 25.1. The zero-order valence-corrected chi connectivity index (χ0v) is 19.8. The molecule has 1 aliphatic rings. The number of methoxy groups -OCH3 is 1. The van der Waals surface area contributed by atoms with Gasteiger partial charge in [0.15, 0.2) is 5.76 Å². The van der Waals surface area contributed by atoms with Crippen LogP contribution in [0.25, 0.3) is 11.0 Å². The first-order valence-corrected chi connectivity index (χ1v) is 11.6. The Morgan fingerprint density at radius 3 is 2.28 bits per heavy atom. The molecule has 0 unspecified atom stereocenters. The van der Waals surface area contributed by atoms with Gasteiger partial charge in [0.25, 0.3) is 11.8 Å². The highest BCUT2D eigenvalue weighted by molar-refractivity contribution is 6.07. The van der Waals surface area contributed by atoms with Crippen molar-refractivity contribution in [3.63, 3.8) is 0 Å². The van der Waals surface area contributed by atoms with Crippen LogP contribution >= 0.6 is 0 Å². The Bertz CT molecular complexity index is 1390. The summed E-state index contributed by atoms with van der Waals surface area (Å²) in [7, 11) is 1.31. The number of amides is 2. The number of hydrogen-bond acceptors (Lipinski definition) is 6. The number of esters is 1. The van der Waals surface area contributed by atoms with Crippen molar-refractivity contribution >= 4 is 40.1 Å². The Kier molecular flexibility index (Phi) is 6.40. The summed E-state index contributed by atoms with van der Waals surface area (Å²) in [4.78, 5) is 42.0. The Balaban J connectivity index is 1.37. The van der Waals surface area contributed by atoms with Gasteiger partial charge in [0.05, 0.1) is 24.0 Å². The number of carbonyl (C=O) groups excluding carboxylic acids is 3. The molecule has 1 saturated heterocycles. The summed E-state index contributed by atoms with van der Waals surface area (Å²) >= 11 is 0. The summed E-state index contributed by atoms with van der Waals surface area (Å²) in [5.41, 5.74) is 2.81. The van der Waals surface area contributed by atoms with Crippen LogP contribution in [0.15, 0.2) is 83.3 Å². The number of rotatable bonds is 5. The van der Waals surface area contributed by atoms with E-state index in [4.69, 9.17) is 9.15 Å². The first-order valence-electron chi connectivity index (χ1n) is 11.6. The molecule has 0 spiro atoms. The van der Waals surface area contributed by atoms with Gasteiger partial charge in [-0.3, -0.25) is 9.59 Å². The van der Waals surface area contributed by atoms with E-state index in [0.29, 0.717) is 48.6 Å². The molecule has 0 aliphatic carbocycles. The van der Waals surface area contributed by atoms with Crippen molar-refractivity contribution in [2.24, 2.45) is 0 Å². The minimum absolute atomic E-state index is 0.00491. The van der Waals surface area contributed by atoms with Gasteiger partial charge in [0.1, 0.15) is 5.58 Å². The number of ether oxygens (including phenoxy) is 1. The molecular formula is C28H25N3O5. The van der Waals surface area contributed by atoms with Crippen molar-refractivity contribution in [1.82, 2.24) is 4.90 Å². The fraction of sp³-hybridized carbons (Fsp3) is 0.179. The third kappa shape index (κ3) is 4.65. The molecular weight excluding hydrogens is 458 g/mol. The number of hydrogen-bond donors (Lipinski definition) is 1. The normalized spacial score (nSPS) is 13.5. The smallest absolute Gasteiger partial charge is 0.337 e. The van der Waals surface area contributed by atoms with Crippen LogP contribution in [0.3, 0.4) is 0 Å². The van der Waals surface area contributed by atoms with Gasteiger partial charge >= 0.3 is 5.97 Å². The Hall–Kier alpha value is -4.59. The molecule has 0 bridgehead atoms. The first kappa shape index (κ1) is 23.2. The number of benzene rings is 3. The summed E-state index contributed by atoms with van der Waals surface area (Å²) in [6, 6.07) is 23.3. The summed E-state index contributed by atoms with van der Waals surface area (Å²) in [5, 5.41) is 3.73. The second-order valence-electron chi connectivity index (χ2n) is 8.47. The molecule has 36 heavy (non-hydrogen) atoms. The number of nitrogens with zero attached hydrogens (tertiary/aromatic N) is 2. The molecule has 0 atom stereocenters. The number of furan rings is 1. The average molecular weight is 484 g/mol. The number of fused-ring (bicyclic) bond motifs is 1. The van der Waals surface area contributed by atoms with Gasteiger partial charge in [-0.15, -0.1) is 0 Å². The van der Waals surface area contributed by atoms with Crippen molar-refractivity contribution in [1.29, 1.82) is 0 Å². The van der Waals surface area contributed by atoms with Crippen LogP contribution in [0.4, 0.5) is 11.4 Å². The molecule has 0 saturated carbocycles. The topological polar surface area (TPSA) is 92.1 Å². The van der Waals surface area contributed by atoms with E-state index < -0.39 is 11.9 Å². The molecule has 0 radical (unpaired) electrons. The second kappa shape index (κ2) is 9.95. The number of carbonyl (C=O) groups is 3. The minimum Gasteiger partial charge on any atom is -0.465 e. The van der Waals surface area contributed by atoms with Crippen molar-refractivity contribution in [3.8, 4) is 0 Å². The summed E-state index contributed by atoms with van der Waals surface area (Å²) in [5.74, 6) is -0.759. The summed E-state index contributed by atoms with van der Waals surface area (Å²) in [6.07, 6.45) is 0. The van der Waals surface area contributed by atoms with Gasteiger partial charge in [-0.25, -0.2) is 4.79 Å². The summed E-state index contributed by atoms with van der Waals surface area (Å²) < 4.78 is 10.6. The highest BCUT2D eigenvalue weighted by Crippen LogP contribution is 2.30. The van der Waals surface area contributed by atoms with Crippen LogP contribution < -0.4 is 10.2 Å². The number of para-hydroxylation sites is 1. The molecule has 8 heteroatoms. The standard InChI is InChI=1S/C28H25N3O5/c1-35-28(34)21-11-12-23(30-13-15-31(16-14-30)27(33)19-7-3-2-4-8-19)22(17-21)29-26(32)25-18-20-9-5-6-10-24(20)36-25/h2-12,17-18H,13-16H2,1H3,(H,29,32). The van der Waals surface area contributed by atoms with Crippen LogP contribution in [0.2, 0.25) is 0 Å². The fourth-order valence-corrected chi connectivity index (χ4v) is 4.35. The number of piperazine rings is 1. The third-order valence-electron chi connectivity index (χ3n) is 6.24. The predicted octanol–water partition coefficient (Wildman–Crippen LogP) is 4.43. The molecule has 1 aromatic heterocycles. The molecule has 8 nitrogen and oxygen atoms in total. The van der Waals surface area contributed by atoms with E-state index in [0.717, 1.165) is 11.1 Å². The molecule has 2 heterocycles. The average Bonchev–Trinajstić information content (AvgIpc) is 3.37. The van der Waals surface area contributed by atoms with E-state index in [1.54, 1.807) is 30.3 Å². The monoisotopic (exact) mass is 483 g/mol. The molecule has 1 fully saturated rings. The van der Waals surface area contributed by atoms with Crippen LogP contribution in [0, 0.1) is 0 Å². The second-order valence-corrected chi connectivity index (χ2v) is 8.47. The van der Waals surface area contributed by atoms with Gasteiger partial charge in [-0.05, 0) is 42.5 Å². The zero-order valence-electron chi connectivity index (χ0n) is 19.8. The lowest BCUT2D eigenvalue weighted by Gasteiger charge is -2.37. The quantitative estimate of drug-likeness (QED) is 0.422. The number of anilines is 2. The van der Waals surface area contributed by atoms with Crippen LogP contribution in [-0.4, -0.2) is 56.0 Å². The highest BCUT2D eigenvalue weighted by atomic mass is 16.5. The molecule has 4 aromatic rings.